The Hall–Kier alpha value is 0.01000. The summed E-state index contributed by atoms with van der Waals surface area (Å²) < 4.78 is 0. The number of amides is 1. The highest BCUT2D eigenvalue weighted by Gasteiger charge is 2.29. The van der Waals surface area contributed by atoms with E-state index in [-0.39, 0.29) is 12.3 Å². The van der Waals surface area contributed by atoms with Crippen LogP contribution in [0.15, 0.2) is 0 Å². The van der Waals surface area contributed by atoms with Gasteiger partial charge in [0.05, 0.1) is 19.8 Å². The molecule has 102 valence electrons. The van der Waals surface area contributed by atoms with Crippen molar-refractivity contribution in [3.05, 3.63) is 0 Å². The van der Waals surface area contributed by atoms with E-state index < -0.39 is 25.4 Å². The lowest BCUT2D eigenvalue weighted by atomic mass is 10.0. The fourth-order valence-electron chi connectivity index (χ4n) is 1.07. The van der Waals surface area contributed by atoms with Crippen LogP contribution >= 0.6 is 22.5 Å². The van der Waals surface area contributed by atoms with Gasteiger partial charge < -0.3 is 26.0 Å². The molecule has 0 aliphatic carbocycles. The van der Waals surface area contributed by atoms with Crippen molar-refractivity contribution in [3.8, 4) is 0 Å². The zero-order chi connectivity index (χ0) is 13.1. The van der Waals surface area contributed by atoms with E-state index >= 15 is 0 Å². The van der Waals surface area contributed by atoms with Gasteiger partial charge in [-0.1, -0.05) is 10.8 Å². The summed E-state index contributed by atoms with van der Waals surface area (Å²) in [6, 6.07) is 0. The largest absolute Gasteiger partial charge is 0.394 e. The van der Waals surface area contributed by atoms with Crippen LogP contribution in [-0.4, -0.2) is 65.4 Å². The number of rotatable bonds is 10. The van der Waals surface area contributed by atoms with Crippen molar-refractivity contribution < 1.29 is 20.1 Å². The molecular weight excluding hydrogens is 264 g/mol. The minimum absolute atomic E-state index is 0.221. The molecule has 0 spiro atoms. The molecule has 0 aliphatic rings. The Kier molecular flexibility index (Phi) is 9.99. The summed E-state index contributed by atoms with van der Waals surface area (Å²) in [6.45, 7) is -0.258. The summed E-state index contributed by atoms with van der Waals surface area (Å²) in [5, 5.41) is 32.5. The van der Waals surface area contributed by atoms with Gasteiger partial charge in [0, 0.05) is 25.3 Å². The Morgan fingerprint density at radius 3 is 2.24 bits per heavy atom. The van der Waals surface area contributed by atoms with Crippen molar-refractivity contribution in [1.82, 2.24) is 10.6 Å². The summed E-state index contributed by atoms with van der Waals surface area (Å²) in [5.41, 5.74) is -1.34. The third-order valence-electron chi connectivity index (χ3n) is 2.21. The van der Waals surface area contributed by atoms with Gasteiger partial charge in [0.25, 0.3) is 0 Å². The van der Waals surface area contributed by atoms with Gasteiger partial charge in [0.2, 0.25) is 5.91 Å². The minimum Gasteiger partial charge on any atom is -0.394 e. The van der Waals surface area contributed by atoms with Gasteiger partial charge in [-0.3, -0.25) is 4.79 Å². The molecule has 0 saturated carbocycles. The van der Waals surface area contributed by atoms with Crippen molar-refractivity contribution in [2.45, 2.75) is 12.0 Å². The van der Waals surface area contributed by atoms with E-state index in [4.69, 9.17) is 15.3 Å². The molecule has 6 nitrogen and oxygen atoms in total. The third-order valence-corrected chi connectivity index (χ3v) is 3.15. The molecular formula is C9H20N2O4S2. The second-order valence-corrected chi connectivity index (χ2v) is 5.08. The molecule has 0 bridgehead atoms. The predicted molar refractivity (Wildman–Crippen MR) is 71.1 cm³/mol. The van der Waals surface area contributed by atoms with Gasteiger partial charge in [-0.15, -0.1) is 11.7 Å². The SMILES string of the molecule is O=C(CCNCCSS)NC(CO)(CO)CO. The van der Waals surface area contributed by atoms with Crippen LogP contribution in [0.5, 0.6) is 0 Å². The van der Waals surface area contributed by atoms with Gasteiger partial charge in [0.1, 0.15) is 5.54 Å². The van der Waals surface area contributed by atoms with Crippen molar-refractivity contribution in [3.63, 3.8) is 0 Å². The number of aliphatic hydroxyl groups excluding tert-OH is 3. The van der Waals surface area contributed by atoms with Crippen LogP contribution in [0.1, 0.15) is 6.42 Å². The summed E-state index contributed by atoms with van der Waals surface area (Å²) in [5.74, 6) is 0.520. The summed E-state index contributed by atoms with van der Waals surface area (Å²) in [7, 11) is 1.41. The molecule has 5 N–H and O–H groups in total. The summed E-state index contributed by atoms with van der Waals surface area (Å²) >= 11 is 3.97. The third kappa shape index (κ3) is 7.12. The number of hydrogen-bond donors (Lipinski definition) is 6. The highest BCUT2D eigenvalue weighted by molar-refractivity contribution is 8.68. The van der Waals surface area contributed by atoms with E-state index in [1.165, 1.54) is 10.8 Å². The molecule has 0 aromatic carbocycles. The number of hydrogen-bond acceptors (Lipinski definition) is 7. The molecule has 0 aliphatic heterocycles. The zero-order valence-corrected chi connectivity index (χ0v) is 11.3. The Balaban J connectivity index is 3.83. The fraction of sp³-hybridized carbons (Fsp3) is 0.889. The van der Waals surface area contributed by atoms with Crippen LogP contribution in [0.4, 0.5) is 0 Å². The highest BCUT2D eigenvalue weighted by atomic mass is 33.1. The first-order valence-electron chi connectivity index (χ1n) is 5.25. The van der Waals surface area contributed by atoms with Gasteiger partial charge in [-0.2, -0.15) is 0 Å². The molecule has 0 heterocycles. The minimum atomic E-state index is -1.34. The van der Waals surface area contributed by atoms with Gasteiger partial charge in [-0.25, -0.2) is 0 Å². The Morgan fingerprint density at radius 1 is 1.18 bits per heavy atom. The van der Waals surface area contributed by atoms with Crippen LogP contribution in [-0.2, 0) is 4.79 Å². The molecule has 0 saturated heterocycles. The molecule has 1 amide bonds. The molecule has 0 fully saturated rings. The maximum atomic E-state index is 11.5. The normalized spacial score (nSPS) is 11.5. The summed E-state index contributed by atoms with van der Waals surface area (Å²) in [4.78, 5) is 11.5. The van der Waals surface area contributed by atoms with Crippen LogP contribution in [0.2, 0.25) is 0 Å². The van der Waals surface area contributed by atoms with E-state index in [0.29, 0.717) is 6.54 Å². The topological polar surface area (TPSA) is 102 Å². The van der Waals surface area contributed by atoms with Crippen molar-refractivity contribution in [2.24, 2.45) is 0 Å². The van der Waals surface area contributed by atoms with Crippen molar-refractivity contribution in [2.75, 3.05) is 38.7 Å². The van der Waals surface area contributed by atoms with Crippen molar-refractivity contribution >= 4 is 28.4 Å². The molecule has 0 atom stereocenters. The second kappa shape index (κ2) is 9.98. The van der Waals surface area contributed by atoms with E-state index in [0.717, 1.165) is 12.3 Å². The second-order valence-electron chi connectivity index (χ2n) is 3.64. The van der Waals surface area contributed by atoms with Gasteiger partial charge in [-0.05, 0) is 0 Å². The average molecular weight is 284 g/mol. The highest BCUT2D eigenvalue weighted by Crippen LogP contribution is 2.02. The van der Waals surface area contributed by atoms with Crippen LogP contribution in [0.3, 0.4) is 0 Å². The summed E-state index contributed by atoms with van der Waals surface area (Å²) in [6.07, 6.45) is 0.221. The fourth-order valence-corrected chi connectivity index (χ4v) is 1.58. The van der Waals surface area contributed by atoms with E-state index in [1.54, 1.807) is 0 Å². The lowest BCUT2D eigenvalue weighted by Gasteiger charge is -2.28. The first-order valence-corrected chi connectivity index (χ1v) is 7.28. The van der Waals surface area contributed by atoms with Gasteiger partial charge >= 0.3 is 0 Å². The van der Waals surface area contributed by atoms with Crippen LogP contribution in [0.25, 0.3) is 0 Å². The van der Waals surface area contributed by atoms with E-state index in [9.17, 15) is 4.79 Å². The van der Waals surface area contributed by atoms with E-state index in [2.05, 4.69) is 22.3 Å². The molecule has 0 aromatic rings. The first-order chi connectivity index (χ1) is 8.14. The molecule has 0 unspecified atom stereocenters. The lowest BCUT2D eigenvalue weighted by molar-refractivity contribution is -0.125. The first kappa shape index (κ1) is 17.0. The Morgan fingerprint density at radius 2 is 1.76 bits per heavy atom. The Labute approximate surface area is 110 Å². The molecule has 0 radical (unpaired) electrons. The zero-order valence-electron chi connectivity index (χ0n) is 9.56. The molecule has 8 heteroatoms. The number of carbonyl (C=O) groups is 1. The maximum Gasteiger partial charge on any atom is 0.221 e. The number of aliphatic hydroxyl groups is 3. The lowest BCUT2D eigenvalue weighted by Crippen LogP contribution is -2.57. The monoisotopic (exact) mass is 284 g/mol. The number of carbonyl (C=O) groups excluding carboxylic acids is 1. The Bertz CT molecular complexity index is 207. The molecule has 17 heavy (non-hydrogen) atoms. The van der Waals surface area contributed by atoms with Crippen LogP contribution in [0, 0.1) is 0 Å². The number of nitrogens with one attached hydrogen (secondary N) is 2. The maximum absolute atomic E-state index is 11.5. The van der Waals surface area contributed by atoms with E-state index in [1.807, 2.05) is 0 Å². The average Bonchev–Trinajstić information content (AvgIpc) is 2.36. The predicted octanol–water partition coefficient (Wildman–Crippen LogP) is -1.62. The quantitative estimate of drug-likeness (QED) is 0.164. The molecule has 0 aromatic heterocycles. The smallest absolute Gasteiger partial charge is 0.221 e. The van der Waals surface area contributed by atoms with Crippen LogP contribution < -0.4 is 10.6 Å². The number of thiol groups is 1. The van der Waals surface area contributed by atoms with Gasteiger partial charge in [0.15, 0.2) is 0 Å². The standard InChI is InChI=1S/C9H20N2O4S2/c12-5-9(6-13,7-14)11-8(15)1-2-10-3-4-17-16/h10,12-14,16H,1-7H2,(H,11,15). The van der Waals surface area contributed by atoms with Crippen molar-refractivity contribution in [1.29, 1.82) is 0 Å². The molecule has 0 rings (SSSR count).